The lowest BCUT2D eigenvalue weighted by molar-refractivity contribution is 0.190. The fourth-order valence-electron chi connectivity index (χ4n) is 1.45. The smallest absolute Gasteiger partial charge is 0.0636 e. The van der Waals surface area contributed by atoms with E-state index >= 15 is 0 Å². The first-order valence-electron chi connectivity index (χ1n) is 4.55. The van der Waals surface area contributed by atoms with Crippen LogP contribution in [0.4, 0.5) is 0 Å². The van der Waals surface area contributed by atoms with Crippen LogP contribution < -0.4 is 5.32 Å². The predicted octanol–water partition coefficient (Wildman–Crippen LogP) is 1.45. The van der Waals surface area contributed by atoms with Crippen molar-refractivity contribution < 1.29 is 5.11 Å². The van der Waals surface area contributed by atoms with E-state index in [9.17, 15) is 0 Å². The molecule has 0 aromatic rings. The average molecular weight is 156 g/mol. The average Bonchev–Trinajstić information content (AvgIpc) is 2.03. The molecule has 1 atom stereocenters. The summed E-state index contributed by atoms with van der Waals surface area (Å²) in [7, 11) is 0. The van der Waals surface area contributed by atoms with Crippen molar-refractivity contribution in [3.8, 4) is 0 Å². The second-order valence-electron chi connectivity index (χ2n) is 3.39. The van der Waals surface area contributed by atoms with Crippen molar-refractivity contribution in [1.29, 1.82) is 0 Å². The molecule has 65 valence electrons. The van der Waals surface area contributed by atoms with Crippen LogP contribution in [-0.2, 0) is 0 Å². The highest BCUT2D eigenvalue weighted by Gasteiger charge is 2.13. The van der Waals surface area contributed by atoms with Crippen molar-refractivity contribution in [3.05, 3.63) is 6.04 Å². The van der Waals surface area contributed by atoms with Gasteiger partial charge in [0.1, 0.15) is 0 Å². The highest BCUT2D eigenvalue weighted by atomic mass is 16.3. The molecule has 0 bridgehead atoms. The van der Waals surface area contributed by atoms with Gasteiger partial charge in [0.25, 0.3) is 0 Å². The van der Waals surface area contributed by atoms with E-state index in [0.717, 1.165) is 6.54 Å². The fraction of sp³-hybridized carbons (Fsp3) is 0.889. The molecule has 1 saturated carbocycles. The summed E-state index contributed by atoms with van der Waals surface area (Å²) in [6.45, 7) is 2.53. The van der Waals surface area contributed by atoms with Crippen LogP contribution in [-0.4, -0.2) is 17.8 Å². The molecule has 0 aromatic carbocycles. The van der Waals surface area contributed by atoms with Crippen LogP contribution in [0, 0.1) is 6.04 Å². The molecule has 1 aliphatic rings. The van der Waals surface area contributed by atoms with Gasteiger partial charge in [-0.05, 0) is 19.8 Å². The first-order valence-corrected chi connectivity index (χ1v) is 4.55. The number of hydrogen-bond acceptors (Lipinski definition) is 2. The second-order valence-corrected chi connectivity index (χ2v) is 3.39. The first kappa shape index (κ1) is 9.01. The molecule has 11 heavy (non-hydrogen) atoms. The van der Waals surface area contributed by atoms with Gasteiger partial charge in [-0.3, -0.25) is 0 Å². The van der Waals surface area contributed by atoms with Gasteiger partial charge >= 0.3 is 0 Å². The van der Waals surface area contributed by atoms with Gasteiger partial charge in [-0.1, -0.05) is 19.3 Å². The zero-order valence-corrected chi connectivity index (χ0v) is 7.27. The SMILES string of the molecule is CC(O)CN[C]1CCCCC1. The quantitative estimate of drug-likeness (QED) is 0.648. The molecule has 1 unspecified atom stereocenters. The van der Waals surface area contributed by atoms with Crippen LogP contribution >= 0.6 is 0 Å². The van der Waals surface area contributed by atoms with Gasteiger partial charge < -0.3 is 10.4 Å². The van der Waals surface area contributed by atoms with Gasteiger partial charge in [0, 0.05) is 12.6 Å². The van der Waals surface area contributed by atoms with Crippen molar-refractivity contribution in [2.45, 2.75) is 45.1 Å². The molecule has 0 aliphatic heterocycles. The standard InChI is InChI=1S/C9H18NO/c1-8(11)7-10-9-5-3-2-4-6-9/h8,10-11H,2-7H2,1H3. The Bertz CT molecular complexity index is 97.7. The zero-order valence-electron chi connectivity index (χ0n) is 7.27. The fourth-order valence-corrected chi connectivity index (χ4v) is 1.45. The Morgan fingerprint density at radius 2 is 2.00 bits per heavy atom. The minimum atomic E-state index is -0.218. The lowest BCUT2D eigenvalue weighted by Crippen LogP contribution is -2.29. The van der Waals surface area contributed by atoms with Crippen molar-refractivity contribution in [3.63, 3.8) is 0 Å². The van der Waals surface area contributed by atoms with Crippen molar-refractivity contribution in [1.82, 2.24) is 5.32 Å². The molecule has 1 aliphatic carbocycles. The van der Waals surface area contributed by atoms with E-state index < -0.39 is 0 Å². The van der Waals surface area contributed by atoms with E-state index in [-0.39, 0.29) is 6.10 Å². The predicted molar refractivity (Wildman–Crippen MR) is 46.0 cm³/mol. The van der Waals surface area contributed by atoms with E-state index in [1.807, 2.05) is 6.92 Å². The van der Waals surface area contributed by atoms with Gasteiger partial charge in [-0.15, -0.1) is 0 Å². The highest BCUT2D eigenvalue weighted by molar-refractivity contribution is 4.89. The minimum Gasteiger partial charge on any atom is -0.392 e. The summed E-state index contributed by atoms with van der Waals surface area (Å²) in [5, 5.41) is 12.3. The summed E-state index contributed by atoms with van der Waals surface area (Å²) >= 11 is 0. The summed E-state index contributed by atoms with van der Waals surface area (Å²) in [4.78, 5) is 0. The summed E-state index contributed by atoms with van der Waals surface area (Å²) < 4.78 is 0. The Hall–Kier alpha value is -0.0800. The molecule has 2 N–H and O–H groups in total. The molecule has 2 nitrogen and oxygen atoms in total. The van der Waals surface area contributed by atoms with E-state index in [4.69, 9.17) is 5.11 Å². The maximum absolute atomic E-state index is 9.01. The van der Waals surface area contributed by atoms with E-state index in [0.29, 0.717) is 0 Å². The number of nitrogens with one attached hydrogen (secondary N) is 1. The van der Waals surface area contributed by atoms with E-state index in [2.05, 4.69) is 5.32 Å². The largest absolute Gasteiger partial charge is 0.392 e. The third-order valence-electron chi connectivity index (χ3n) is 2.10. The molecular formula is C9H18NO. The van der Waals surface area contributed by atoms with Crippen LogP contribution in [0.1, 0.15) is 39.0 Å². The molecule has 1 fully saturated rings. The summed E-state index contributed by atoms with van der Waals surface area (Å²) in [5.41, 5.74) is 0. The maximum Gasteiger partial charge on any atom is 0.0636 e. The Balaban J connectivity index is 2.05. The maximum atomic E-state index is 9.01. The minimum absolute atomic E-state index is 0.218. The molecule has 0 amide bonds. The van der Waals surface area contributed by atoms with Crippen molar-refractivity contribution in [2.75, 3.05) is 6.54 Å². The number of rotatable bonds is 3. The molecule has 0 aromatic heterocycles. The first-order chi connectivity index (χ1) is 5.29. The Morgan fingerprint density at radius 3 is 2.55 bits per heavy atom. The Morgan fingerprint density at radius 1 is 1.36 bits per heavy atom. The monoisotopic (exact) mass is 156 g/mol. The molecule has 0 heterocycles. The number of hydrogen-bond donors (Lipinski definition) is 2. The topological polar surface area (TPSA) is 32.3 Å². The zero-order chi connectivity index (χ0) is 8.10. The lowest BCUT2D eigenvalue weighted by Gasteiger charge is -2.22. The Kier molecular flexibility index (Phi) is 3.87. The van der Waals surface area contributed by atoms with Crippen LogP contribution in [0.3, 0.4) is 0 Å². The molecule has 2 heteroatoms. The van der Waals surface area contributed by atoms with Gasteiger partial charge in [0.2, 0.25) is 0 Å². The van der Waals surface area contributed by atoms with E-state index in [1.54, 1.807) is 0 Å². The van der Waals surface area contributed by atoms with Crippen LogP contribution in [0.2, 0.25) is 0 Å². The second kappa shape index (κ2) is 4.73. The van der Waals surface area contributed by atoms with Crippen LogP contribution in [0.15, 0.2) is 0 Å². The van der Waals surface area contributed by atoms with Crippen molar-refractivity contribution >= 4 is 0 Å². The Labute approximate surface area is 69.0 Å². The molecule has 0 saturated heterocycles. The number of aliphatic hydroxyl groups excluding tert-OH is 1. The third-order valence-corrected chi connectivity index (χ3v) is 2.10. The normalized spacial score (nSPS) is 23.5. The van der Waals surface area contributed by atoms with Gasteiger partial charge in [-0.2, -0.15) is 0 Å². The van der Waals surface area contributed by atoms with Gasteiger partial charge in [-0.25, -0.2) is 0 Å². The van der Waals surface area contributed by atoms with Crippen LogP contribution in [0.25, 0.3) is 0 Å². The van der Waals surface area contributed by atoms with Gasteiger partial charge in [0.05, 0.1) is 6.10 Å². The molecule has 0 spiro atoms. The molecule has 1 radical (unpaired) electrons. The van der Waals surface area contributed by atoms with Crippen molar-refractivity contribution in [2.24, 2.45) is 0 Å². The van der Waals surface area contributed by atoms with E-state index in [1.165, 1.54) is 38.1 Å². The molecule has 1 rings (SSSR count). The van der Waals surface area contributed by atoms with Gasteiger partial charge in [0.15, 0.2) is 0 Å². The number of aliphatic hydroxyl groups is 1. The van der Waals surface area contributed by atoms with Crippen LogP contribution in [0.5, 0.6) is 0 Å². The lowest BCUT2D eigenvalue weighted by atomic mass is 9.95. The summed E-state index contributed by atoms with van der Waals surface area (Å²) in [6.07, 6.45) is 6.23. The highest BCUT2D eigenvalue weighted by Crippen LogP contribution is 2.22. The third kappa shape index (κ3) is 3.73. The molecular weight excluding hydrogens is 138 g/mol. The summed E-state index contributed by atoms with van der Waals surface area (Å²) in [5.74, 6) is 0. The summed E-state index contributed by atoms with van der Waals surface area (Å²) in [6, 6.07) is 1.44.